The molecular weight excluding hydrogens is 258 g/mol. The van der Waals surface area contributed by atoms with Gasteiger partial charge in [0.25, 0.3) is 0 Å². The van der Waals surface area contributed by atoms with E-state index in [-0.39, 0.29) is 5.92 Å². The molecule has 0 saturated carbocycles. The van der Waals surface area contributed by atoms with Gasteiger partial charge in [-0.2, -0.15) is 0 Å². The van der Waals surface area contributed by atoms with Gasteiger partial charge in [-0.05, 0) is 11.6 Å². The zero-order valence-electron chi connectivity index (χ0n) is 10.8. The van der Waals surface area contributed by atoms with Gasteiger partial charge in [0.1, 0.15) is 4.88 Å². The van der Waals surface area contributed by atoms with E-state index in [1.54, 1.807) is 6.08 Å². The highest BCUT2D eigenvalue weighted by Gasteiger charge is 2.16. The summed E-state index contributed by atoms with van der Waals surface area (Å²) in [5, 5.41) is 10.0. The molecule has 0 aliphatic heterocycles. The van der Waals surface area contributed by atoms with Gasteiger partial charge in [-0.25, -0.2) is 9.78 Å². The summed E-state index contributed by atoms with van der Waals surface area (Å²) < 4.78 is 0. The van der Waals surface area contributed by atoms with Gasteiger partial charge in [-0.15, -0.1) is 11.3 Å². The van der Waals surface area contributed by atoms with Crippen molar-refractivity contribution in [3.8, 4) is 0 Å². The SMILES string of the molecule is CC(C)c1nc(/C=C/c2ccccc2)c(C(=O)O)s1. The maximum Gasteiger partial charge on any atom is 0.348 e. The fourth-order valence-corrected chi connectivity index (χ4v) is 2.50. The molecule has 1 aromatic heterocycles. The number of rotatable bonds is 4. The van der Waals surface area contributed by atoms with E-state index in [9.17, 15) is 9.90 Å². The van der Waals surface area contributed by atoms with E-state index in [0.717, 1.165) is 10.6 Å². The van der Waals surface area contributed by atoms with Crippen molar-refractivity contribution >= 4 is 29.5 Å². The van der Waals surface area contributed by atoms with Gasteiger partial charge in [-0.3, -0.25) is 0 Å². The minimum Gasteiger partial charge on any atom is -0.477 e. The van der Waals surface area contributed by atoms with Crippen LogP contribution in [0.2, 0.25) is 0 Å². The van der Waals surface area contributed by atoms with Crippen molar-refractivity contribution in [1.29, 1.82) is 0 Å². The predicted molar refractivity (Wildman–Crippen MR) is 78.5 cm³/mol. The average Bonchev–Trinajstić information content (AvgIpc) is 2.82. The van der Waals surface area contributed by atoms with Gasteiger partial charge in [0.05, 0.1) is 10.7 Å². The van der Waals surface area contributed by atoms with Gasteiger partial charge in [0.15, 0.2) is 0 Å². The van der Waals surface area contributed by atoms with Crippen molar-refractivity contribution in [2.24, 2.45) is 0 Å². The van der Waals surface area contributed by atoms with Crippen LogP contribution in [-0.4, -0.2) is 16.1 Å². The van der Waals surface area contributed by atoms with Crippen molar-refractivity contribution in [3.05, 3.63) is 51.5 Å². The van der Waals surface area contributed by atoms with E-state index in [0.29, 0.717) is 10.6 Å². The quantitative estimate of drug-likeness (QED) is 0.911. The zero-order chi connectivity index (χ0) is 13.8. The summed E-state index contributed by atoms with van der Waals surface area (Å²) in [5.41, 5.74) is 1.56. The largest absolute Gasteiger partial charge is 0.477 e. The van der Waals surface area contributed by atoms with Gasteiger partial charge < -0.3 is 5.11 Å². The highest BCUT2D eigenvalue weighted by atomic mass is 32.1. The number of nitrogens with zero attached hydrogens (tertiary/aromatic N) is 1. The highest BCUT2D eigenvalue weighted by molar-refractivity contribution is 7.13. The molecule has 98 valence electrons. The minimum absolute atomic E-state index is 0.238. The molecule has 1 N–H and O–H groups in total. The Bertz CT molecular complexity index is 600. The van der Waals surface area contributed by atoms with E-state index < -0.39 is 5.97 Å². The Hall–Kier alpha value is -1.94. The number of carboxylic acid groups (broad SMARTS) is 1. The van der Waals surface area contributed by atoms with Crippen molar-refractivity contribution in [2.45, 2.75) is 19.8 Å². The molecule has 0 amide bonds. The molecule has 0 aliphatic carbocycles. The molecule has 0 aliphatic rings. The van der Waals surface area contributed by atoms with Crippen LogP contribution in [0.25, 0.3) is 12.2 Å². The van der Waals surface area contributed by atoms with Crippen LogP contribution in [0.3, 0.4) is 0 Å². The Morgan fingerprint density at radius 3 is 2.53 bits per heavy atom. The van der Waals surface area contributed by atoms with Crippen LogP contribution in [0.15, 0.2) is 30.3 Å². The Balaban J connectivity index is 2.34. The van der Waals surface area contributed by atoms with Crippen molar-refractivity contribution in [1.82, 2.24) is 4.98 Å². The summed E-state index contributed by atoms with van der Waals surface area (Å²) in [4.78, 5) is 15.9. The van der Waals surface area contributed by atoms with Crippen molar-refractivity contribution < 1.29 is 9.90 Å². The lowest BCUT2D eigenvalue weighted by molar-refractivity contribution is 0.0701. The molecule has 19 heavy (non-hydrogen) atoms. The topological polar surface area (TPSA) is 50.2 Å². The van der Waals surface area contributed by atoms with Crippen LogP contribution >= 0.6 is 11.3 Å². The van der Waals surface area contributed by atoms with Gasteiger partial charge in [-0.1, -0.05) is 50.3 Å². The van der Waals surface area contributed by atoms with Crippen LogP contribution < -0.4 is 0 Å². The average molecular weight is 273 g/mol. The molecule has 0 saturated heterocycles. The molecule has 0 atom stereocenters. The number of aromatic nitrogens is 1. The number of thiazole rings is 1. The fourth-order valence-electron chi connectivity index (χ4n) is 1.60. The molecule has 0 bridgehead atoms. The van der Waals surface area contributed by atoms with Gasteiger partial charge >= 0.3 is 5.97 Å². The third-order valence-electron chi connectivity index (χ3n) is 2.59. The van der Waals surface area contributed by atoms with Crippen molar-refractivity contribution in [3.63, 3.8) is 0 Å². The van der Waals surface area contributed by atoms with Crippen molar-refractivity contribution in [2.75, 3.05) is 0 Å². The zero-order valence-corrected chi connectivity index (χ0v) is 11.6. The minimum atomic E-state index is -0.919. The summed E-state index contributed by atoms with van der Waals surface area (Å²) in [6, 6.07) is 9.76. The lowest BCUT2D eigenvalue weighted by Crippen LogP contribution is -1.94. The Morgan fingerprint density at radius 2 is 1.95 bits per heavy atom. The maximum absolute atomic E-state index is 11.2. The van der Waals surface area contributed by atoms with Crippen LogP contribution in [0.1, 0.15) is 45.7 Å². The third kappa shape index (κ3) is 3.29. The number of benzene rings is 1. The highest BCUT2D eigenvalue weighted by Crippen LogP contribution is 2.26. The summed E-state index contributed by atoms with van der Waals surface area (Å²) in [7, 11) is 0. The first-order chi connectivity index (χ1) is 9.08. The number of hydrogen-bond donors (Lipinski definition) is 1. The maximum atomic E-state index is 11.2. The van der Waals surface area contributed by atoms with Gasteiger partial charge in [0, 0.05) is 5.92 Å². The molecule has 0 fully saturated rings. The van der Waals surface area contributed by atoms with Crippen LogP contribution in [0.4, 0.5) is 0 Å². The standard InChI is InChI=1S/C15H15NO2S/c1-10(2)14-16-12(13(19-14)15(17)18)9-8-11-6-4-3-5-7-11/h3-10H,1-2H3,(H,17,18)/b9-8+. The molecule has 1 aromatic carbocycles. The molecule has 0 unspecified atom stereocenters. The summed E-state index contributed by atoms with van der Waals surface area (Å²) in [6.07, 6.45) is 3.65. The normalized spacial score (nSPS) is 11.3. The molecule has 0 radical (unpaired) electrons. The first kappa shape index (κ1) is 13.5. The predicted octanol–water partition coefficient (Wildman–Crippen LogP) is 4.14. The third-order valence-corrected chi connectivity index (χ3v) is 3.95. The number of hydrogen-bond acceptors (Lipinski definition) is 3. The second-order valence-corrected chi connectivity index (χ2v) is 5.50. The Morgan fingerprint density at radius 1 is 1.26 bits per heavy atom. The van der Waals surface area contributed by atoms with E-state index in [4.69, 9.17) is 0 Å². The second-order valence-electron chi connectivity index (χ2n) is 4.47. The molecule has 3 nitrogen and oxygen atoms in total. The van der Waals surface area contributed by atoms with Crippen LogP contribution in [0.5, 0.6) is 0 Å². The van der Waals surface area contributed by atoms with E-state index >= 15 is 0 Å². The summed E-state index contributed by atoms with van der Waals surface area (Å²) in [5.74, 6) is -0.681. The van der Waals surface area contributed by atoms with E-state index in [1.807, 2.05) is 50.3 Å². The lowest BCUT2D eigenvalue weighted by atomic mass is 10.2. The number of carboxylic acids is 1. The number of aromatic carboxylic acids is 1. The van der Waals surface area contributed by atoms with E-state index in [2.05, 4.69) is 4.98 Å². The second kappa shape index (κ2) is 5.80. The monoisotopic (exact) mass is 273 g/mol. The fraction of sp³-hybridized carbons (Fsp3) is 0.200. The molecule has 1 heterocycles. The molecule has 4 heteroatoms. The van der Waals surface area contributed by atoms with Crippen LogP contribution in [-0.2, 0) is 0 Å². The van der Waals surface area contributed by atoms with E-state index in [1.165, 1.54) is 11.3 Å². The summed E-state index contributed by atoms with van der Waals surface area (Å²) in [6.45, 7) is 4.02. The smallest absolute Gasteiger partial charge is 0.348 e. The summed E-state index contributed by atoms with van der Waals surface area (Å²) >= 11 is 1.25. The van der Waals surface area contributed by atoms with Gasteiger partial charge in [0.2, 0.25) is 0 Å². The Labute approximate surface area is 116 Å². The molecule has 2 aromatic rings. The molecule has 0 spiro atoms. The first-order valence-electron chi connectivity index (χ1n) is 6.05. The lowest BCUT2D eigenvalue weighted by Gasteiger charge is -1.95. The molecule has 2 rings (SSSR count). The number of carbonyl (C=O) groups is 1. The van der Waals surface area contributed by atoms with Crippen LogP contribution in [0, 0.1) is 0 Å². The Kier molecular flexibility index (Phi) is 4.12. The first-order valence-corrected chi connectivity index (χ1v) is 6.86. The molecular formula is C15H15NO2S.